The molecule has 0 heterocycles. The van der Waals surface area contributed by atoms with Crippen LogP contribution in [0.4, 0.5) is 0 Å². The summed E-state index contributed by atoms with van der Waals surface area (Å²) in [5.41, 5.74) is 0.920. The molecule has 0 aliphatic rings. The van der Waals surface area contributed by atoms with E-state index in [9.17, 15) is 14.7 Å². The summed E-state index contributed by atoms with van der Waals surface area (Å²) < 4.78 is 17.5. The van der Waals surface area contributed by atoms with Crippen molar-refractivity contribution in [3.8, 4) is 0 Å². The maximum absolute atomic E-state index is 11.7. The molecule has 0 fully saturated rings. The Morgan fingerprint density at radius 2 is 1.67 bits per heavy atom. The van der Waals surface area contributed by atoms with Gasteiger partial charge in [-0.2, -0.15) is 0 Å². The average Bonchev–Trinajstić information content (AvgIpc) is 2.67. The van der Waals surface area contributed by atoms with Gasteiger partial charge in [0.2, 0.25) is 0 Å². The first kappa shape index (κ1) is 32.3. The van der Waals surface area contributed by atoms with Crippen LogP contribution in [0.3, 0.4) is 0 Å². The predicted octanol–water partition coefficient (Wildman–Crippen LogP) is 6.04. The second-order valence-electron chi connectivity index (χ2n) is 10.6. The van der Waals surface area contributed by atoms with Crippen molar-refractivity contribution in [1.82, 2.24) is 0 Å². The number of esters is 2. The molecule has 1 N–H and O–H groups in total. The lowest BCUT2D eigenvalue weighted by Gasteiger charge is -2.44. The summed E-state index contributed by atoms with van der Waals surface area (Å²) in [4.78, 5) is 22.7. The van der Waals surface area contributed by atoms with Gasteiger partial charge in [-0.05, 0) is 60.0 Å². The van der Waals surface area contributed by atoms with E-state index in [1.807, 2.05) is 26.8 Å². The molecule has 6 nitrogen and oxygen atoms in total. The second kappa shape index (κ2) is 14.0. The smallest absolute Gasteiger partial charge is 0.330 e. The minimum absolute atomic E-state index is 0.0253. The molecule has 0 saturated carbocycles. The molecule has 0 rings (SSSR count). The summed E-state index contributed by atoms with van der Waals surface area (Å²) in [6.07, 6.45) is 3.29. The number of methoxy groups -OCH3 is 1. The molecular formula is C25H45IO6Si. The zero-order valence-corrected chi connectivity index (χ0v) is 25.5. The van der Waals surface area contributed by atoms with E-state index in [1.54, 1.807) is 0 Å². The number of allylic oxidation sites excluding steroid dienone is 1. The number of hydrogen-bond acceptors (Lipinski definition) is 6. The van der Waals surface area contributed by atoms with Crippen molar-refractivity contribution >= 4 is 42.8 Å². The second-order valence-corrected chi connectivity index (χ2v) is 16.8. The van der Waals surface area contributed by atoms with Crippen molar-refractivity contribution in [2.24, 2.45) is 17.8 Å². The summed E-state index contributed by atoms with van der Waals surface area (Å²) >= 11 is 2.14. The van der Waals surface area contributed by atoms with Crippen LogP contribution in [0, 0.1) is 17.8 Å². The molecular weight excluding hydrogens is 551 g/mol. The molecule has 33 heavy (non-hydrogen) atoms. The average molecular weight is 597 g/mol. The van der Waals surface area contributed by atoms with Gasteiger partial charge in [-0.1, -0.05) is 53.2 Å². The molecule has 0 bridgehead atoms. The van der Waals surface area contributed by atoms with Crippen molar-refractivity contribution in [3.05, 3.63) is 21.3 Å². The Balaban J connectivity index is 5.81. The maximum Gasteiger partial charge on any atom is 0.330 e. The van der Waals surface area contributed by atoms with Crippen LogP contribution in [0.5, 0.6) is 0 Å². The van der Waals surface area contributed by atoms with E-state index in [0.717, 1.165) is 9.15 Å². The first-order chi connectivity index (χ1) is 14.9. The molecule has 0 spiro atoms. The van der Waals surface area contributed by atoms with Crippen LogP contribution in [-0.2, 0) is 23.5 Å². The molecule has 0 aromatic rings. The molecule has 0 amide bonds. The monoisotopic (exact) mass is 596 g/mol. The third-order valence-corrected chi connectivity index (χ3v) is 11.6. The maximum atomic E-state index is 11.7. The fourth-order valence-electron chi connectivity index (χ4n) is 3.48. The SMILES string of the molecule is COC(=O)/C=C(\C)C[C@H](C)[C@@H](O[Si](C)(C)C(C)(C)C)[C@H](C)[C@H](O)[C@H](C)/C=C(/I)COC(C)=O. The van der Waals surface area contributed by atoms with Crippen LogP contribution in [-0.4, -0.2) is 51.3 Å². The van der Waals surface area contributed by atoms with Gasteiger partial charge in [0.25, 0.3) is 0 Å². The number of rotatable bonds is 12. The van der Waals surface area contributed by atoms with Gasteiger partial charge in [-0.3, -0.25) is 4.79 Å². The Hall–Kier alpha value is -0.713. The molecule has 0 aliphatic carbocycles. The minimum Gasteiger partial charge on any atom is -0.466 e. The molecule has 0 saturated heterocycles. The van der Waals surface area contributed by atoms with E-state index in [1.165, 1.54) is 20.1 Å². The fraction of sp³-hybridized carbons (Fsp3) is 0.760. The minimum atomic E-state index is -2.12. The van der Waals surface area contributed by atoms with Gasteiger partial charge in [-0.25, -0.2) is 4.79 Å². The number of aliphatic hydroxyl groups is 1. The number of hydrogen-bond donors (Lipinski definition) is 1. The van der Waals surface area contributed by atoms with Gasteiger partial charge >= 0.3 is 11.9 Å². The highest BCUT2D eigenvalue weighted by Gasteiger charge is 2.43. The summed E-state index contributed by atoms with van der Waals surface area (Å²) in [6, 6.07) is 0. The van der Waals surface area contributed by atoms with Crippen molar-refractivity contribution in [1.29, 1.82) is 0 Å². The third-order valence-electron chi connectivity index (χ3n) is 6.46. The Morgan fingerprint density at radius 1 is 1.12 bits per heavy atom. The first-order valence-electron chi connectivity index (χ1n) is 11.5. The highest BCUT2D eigenvalue weighted by atomic mass is 127. The normalized spacial score (nSPS) is 18.2. The standard InChI is InChI=1S/C25H45IO6Si/c1-16(13-22(28)30-9)12-18(3)24(32-33(10,11)25(6,7)8)19(4)23(29)17(2)14-21(26)15-31-20(5)27/h13-14,17-19,23-24,29H,12,15H2,1-11H3/b16-13+,21-14+/t17-,18+,19-,23-,24-/m1/s1. The zero-order valence-electron chi connectivity index (χ0n) is 22.3. The lowest BCUT2D eigenvalue weighted by molar-refractivity contribution is -0.139. The summed E-state index contributed by atoms with van der Waals surface area (Å²) in [6.45, 7) is 20.6. The highest BCUT2D eigenvalue weighted by molar-refractivity contribution is 14.1. The van der Waals surface area contributed by atoms with Crippen molar-refractivity contribution < 1.29 is 28.6 Å². The van der Waals surface area contributed by atoms with Gasteiger partial charge in [0.15, 0.2) is 8.32 Å². The van der Waals surface area contributed by atoms with Gasteiger partial charge in [0.1, 0.15) is 6.61 Å². The molecule has 5 atom stereocenters. The molecule has 0 aromatic heterocycles. The van der Waals surface area contributed by atoms with E-state index in [2.05, 4.69) is 63.4 Å². The largest absolute Gasteiger partial charge is 0.466 e. The zero-order chi connectivity index (χ0) is 26.1. The first-order valence-corrected chi connectivity index (χ1v) is 15.5. The predicted molar refractivity (Wildman–Crippen MR) is 145 cm³/mol. The van der Waals surface area contributed by atoms with E-state index < -0.39 is 14.4 Å². The van der Waals surface area contributed by atoms with Gasteiger partial charge in [-0.15, -0.1) is 0 Å². The summed E-state index contributed by atoms with van der Waals surface area (Å²) in [5.74, 6) is -0.904. The van der Waals surface area contributed by atoms with Crippen LogP contribution < -0.4 is 0 Å². The Bertz CT molecular complexity index is 710. The number of carbonyl (C=O) groups excluding carboxylic acids is 2. The highest BCUT2D eigenvalue weighted by Crippen LogP contribution is 2.40. The third kappa shape index (κ3) is 11.5. The van der Waals surface area contributed by atoms with Crippen molar-refractivity contribution in [3.63, 3.8) is 0 Å². The van der Waals surface area contributed by atoms with Crippen molar-refractivity contribution in [2.75, 3.05) is 13.7 Å². The van der Waals surface area contributed by atoms with Crippen molar-refractivity contribution in [2.45, 2.75) is 92.2 Å². The number of ether oxygens (including phenoxy) is 2. The van der Waals surface area contributed by atoms with E-state index in [-0.39, 0.29) is 47.4 Å². The van der Waals surface area contributed by atoms with Crippen LogP contribution >= 0.6 is 22.6 Å². The number of halogens is 1. The Labute approximate surface area is 215 Å². The van der Waals surface area contributed by atoms with E-state index in [0.29, 0.717) is 6.42 Å². The molecule has 0 radical (unpaired) electrons. The molecule has 8 heteroatoms. The molecule has 192 valence electrons. The number of carbonyl (C=O) groups is 2. The van der Waals surface area contributed by atoms with E-state index in [4.69, 9.17) is 13.9 Å². The fourth-order valence-corrected chi connectivity index (χ4v) is 5.68. The quantitative estimate of drug-likeness (QED) is 0.128. The lowest BCUT2D eigenvalue weighted by atomic mass is 9.82. The Kier molecular flexibility index (Phi) is 13.7. The van der Waals surface area contributed by atoms with Gasteiger partial charge < -0.3 is 19.0 Å². The van der Waals surface area contributed by atoms with E-state index >= 15 is 0 Å². The van der Waals surface area contributed by atoms with Crippen LogP contribution in [0.15, 0.2) is 21.3 Å². The van der Waals surface area contributed by atoms with Gasteiger partial charge in [0.05, 0.1) is 19.3 Å². The van der Waals surface area contributed by atoms with Crippen LogP contribution in [0.2, 0.25) is 18.1 Å². The van der Waals surface area contributed by atoms with Gasteiger partial charge in [0, 0.05) is 28.4 Å². The molecule has 0 unspecified atom stereocenters. The number of aliphatic hydroxyl groups excluding tert-OH is 1. The van der Waals surface area contributed by atoms with Crippen LogP contribution in [0.1, 0.15) is 61.8 Å². The van der Waals surface area contributed by atoms with Crippen LogP contribution in [0.25, 0.3) is 0 Å². The molecule has 0 aromatic carbocycles. The topological polar surface area (TPSA) is 82.1 Å². The lowest BCUT2D eigenvalue weighted by Crippen LogP contribution is -2.49. The summed E-state index contributed by atoms with van der Waals surface area (Å²) in [5, 5.41) is 11.3. The molecule has 0 aliphatic heterocycles. The summed E-state index contributed by atoms with van der Waals surface area (Å²) in [7, 11) is -0.748. The Morgan fingerprint density at radius 3 is 2.12 bits per heavy atom.